The number of halogens is 2. The molecule has 7 nitrogen and oxygen atoms in total. The third-order valence-electron chi connectivity index (χ3n) is 5.47. The monoisotopic (exact) mass is 614 g/mol. The number of methoxy groups -OCH3 is 1. The lowest BCUT2D eigenvalue weighted by atomic mass is 10.1. The van der Waals surface area contributed by atoms with Crippen LogP contribution in [0.15, 0.2) is 75.0 Å². The van der Waals surface area contributed by atoms with Gasteiger partial charge >= 0.3 is 5.97 Å². The van der Waals surface area contributed by atoms with Gasteiger partial charge in [0.05, 0.1) is 34.3 Å². The molecule has 0 bridgehead atoms. The van der Waals surface area contributed by atoms with Crippen molar-refractivity contribution in [1.82, 2.24) is 4.90 Å². The summed E-state index contributed by atoms with van der Waals surface area (Å²) in [5, 5.41) is 1.11. The zero-order valence-corrected chi connectivity index (χ0v) is 24.0. The van der Waals surface area contributed by atoms with Gasteiger partial charge in [-0.25, -0.2) is 9.79 Å². The van der Waals surface area contributed by atoms with Crippen LogP contribution in [-0.4, -0.2) is 42.7 Å². The van der Waals surface area contributed by atoms with Crippen LogP contribution >= 0.6 is 39.3 Å². The van der Waals surface area contributed by atoms with Crippen LogP contribution in [0.4, 0.5) is 5.69 Å². The van der Waals surface area contributed by atoms with E-state index in [9.17, 15) is 9.59 Å². The highest BCUT2D eigenvalue weighted by Crippen LogP contribution is 2.40. The van der Waals surface area contributed by atoms with Gasteiger partial charge in [0.25, 0.3) is 5.91 Å². The normalized spacial score (nSPS) is 15.3. The van der Waals surface area contributed by atoms with Crippen molar-refractivity contribution in [2.24, 2.45) is 4.99 Å². The second-order valence-electron chi connectivity index (χ2n) is 8.05. The van der Waals surface area contributed by atoms with E-state index in [0.29, 0.717) is 42.3 Å². The minimum Gasteiger partial charge on any atom is -0.493 e. The molecule has 0 radical (unpaired) electrons. The maximum atomic E-state index is 13.0. The lowest BCUT2D eigenvalue weighted by Gasteiger charge is -2.14. The molecule has 3 aromatic carbocycles. The Balaban J connectivity index is 1.56. The lowest BCUT2D eigenvalue weighted by Crippen LogP contribution is -2.23. The predicted molar refractivity (Wildman–Crippen MR) is 154 cm³/mol. The number of carbonyl (C=O) groups is 2. The summed E-state index contributed by atoms with van der Waals surface area (Å²) in [6.45, 7) is 2.31. The summed E-state index contributed by atoms with van der Waals surface area (Å²) in [4.78, 5) is 31.6. The maximum Gasteiger partial charge on any atom is 0.338 e. The quantitative estimate of drug-likeness (QED) is 0.199. The summed E-state index contributed by atoms with van der Waals surface area (Å²) in [5.74, 6) is 0.425. The number of nitrogens with zero attached hydrogens (tertiary/aromatic N) is 2. The number of amides is 1. The number of hydrogen-bond donors (Lipinski definition) is 0. The molecule has 196 valence electrons. The van der Waals surface area contributed by atoms with Gasteiger partial charge in [-0.1, -0.05) is 35.9 Å². The largest absolute Gasteiger partial charge is 0.493 e. The van der Waals surface area contributed by atoms with Crippen molar-refractivity contribution in [3.8, 4) is 11.5 Å². The predicted octanol–water partition coefficient (Wildman–Crippen LogP) is 7.10. The average molecular weight is 616 g/mol. The van der Waals surface area contributed by atoms with Gasteiger partial charge < -0.3 is 14.2 Å². The van der Waals surface area contributed by atoms with Gasteiger partial charge in [-0.2, -0.15) is 0 Å². The Morgan fingerprint density at radius 1 is 1.16 bits per heavy atom. The summed E-state index contributed by atoms with van der Waals surface area (Å²) in [6, 6.07) is 17.9. The Kier molecular flexibility index (Phi) is 9.14. The number of thioether (sulfide) groups is 1. The molecule has 0 saturated carbocycles. The Morgan fingerprint density at radius 2 is 1.95 bits per heavy atom. The average Bonchev–Trinajstić information content (AvgIpc) is 3.16. The number of aliphatic imine (C=N–C) groups is 1. The molecule has 10 heteroatoms. The van der Waals surface area contributed by atoms with Crippen LogP contribution in [0.5, 0.6) is 11.5 Å². The second-order valence-corrected chi connectivity index (χ2v) is 10.3. The van der Waals surface area contributed by atoms with Crippen LogP contribution in [0.2, 0.25) is 5.02 Å². The Hall–Kier alpha value is -3.27. The first-order chi connectivity index (χ1) is 18.3. The van der Waals surface area contributed by atoms with Gasteiger partial charge in [0.2, 0.25) is 0 Å². The number of benzene rings is 3. The number of rotatable bonds is 8. The summed E-state index contributed by atoms with van der Waals surface area (Å²) in [5.41, 5.74) is 2.54. The maximum absolute atomic E-state index is 13.0. The molecule has 0 unspecified atom stereocenters. The molecule has 0 spiro atoms. The van der Waals surface area contributed by atoms with Crippen molar-refractivity contribution in [3.05, 3.63) is 91.8 Å². The molecular weight excluding hydrogens is 592 g/mol. The number of ether oxygens (including phenoxy) is 3. The molecule has 0 atom stereocenters. The van der Waals surface area contributed by atoms with E-state index in [1.165, 1.54) is 16.7 Å². The number of amidine groups is 1. The van der Waals surface area contributed by atoms with E-state index in [1.54, 1.807) is 57.5 Å². The minimum absolute atomic E-state index is 0.190. The standard InChI is InChI=1S/C28H24BrClN2O5S/c1-4-36-27(34)18-9-7-10-20(15-18)31-28-32(2)26(33)24(38-28)14-17-12-21(29)25(23(13-17)35-3)37-16-19-8-5-6-11-22(19)30/h5-15H,4,16H2,1-3H3. The Bertz CT molecular complexity index is 1440. The number of likely N-dealkylation sites (N-methyl/N-ethyl adjacent to an activating group) is 1. The third-order valence-corrected chi connectivity index (χ3v) is 7.48. The number of hydrogen-bond acceptors (Lipinski definition) is 7. The van der Waals surface area contributed by atoms with E-state index in [-0.39, 0.29) is 19.1 Å². The fourth-order valence-electron chi connectivity index (χ4n) is 3.56. The number of esters is 1. The second kappa shape index (κ2) is 12.5. The topological polar surface area (TPSA) is 77.4 Å². The number of carbonyl (C=O) groups excluding carboxylic acids is 2. The van der Waals surface area contributed by atoms with Crippen molar-refractivity contribution in [2.45, 2.75) is 13.5 Å². The first-order valence-electron chi connectivity index (χ1n) is 11.6. The Morgan fingerprint density at radius 3 is 2.68 bits per heavy atom. The zero-order valence-electron chi connectivity index (χ0n) is 20.9. The molecule has 0 N–H and O–H groups in total. The molecule has 0 aromatic heterocycles. The molecule has 1 aliphatic rings. The fourth-order valence-corrected chi connectivity index (χ4v) is 5.31. The molecule has 1 fully saturated rings. The van der Waals surface area contributed by atoms with Crippen LogP contribution in [0, 0.1) is 0 Å². The van der Waals surface area contributed by atoms with Gasteiger partial charge in [0, 0.05) is 17.6 Å². The molecule has 1 heterocycles. The van der Waals surface area contributed by atoms with Crippen LogP contribution in [0.1, 0.15) is 28.4 Å². The van der Waals surface area contributed by atoms with Crippen molar-refractivity contribution in [1.29, 1.82) is 0 Å². The molecule has 1 aliphatic heterocycles. The van der Waals surface area contributed by atoms with Crippen LogP contribution in [0.3, 0.4) is 0 Å². The first kappa shape index (κ1) is 27.8. The molecule has 0 aliphatic carbocycles. The van der Waals surface area contributed by atoms with Crippen molar-refractivity contribution in [2.75, 3.05) is 20.8 Å². The summed E-state index contributed by atoms with van der Waals surface area (Å²) >= 11 is 11.1. The zero-order chi connectivity index (χ0) is 27.2. The highest BCUT2D eigenvalue weighted by molar-refractivity contribution is 9.10. The molecule has 4 rings (SSSR count). The highest BCUT2D eigenvalue weighted by atomic mass is 79.9. The van der Waals surface area contributed by atoms with E-state index in [1.807, 2.05) is 30.3 Å². The molecule has 3 aromatic rings. The van der Waals surface area contributed by atoms with Gasteiger partial charge in [-0.05, 0) is 82.7 Å². The van der Waals surface area contributed by atoms with Gasteiger partial charge in [-0.3, -0.25) is 9.69 Å². The van der Waals surface area contributed by atoms with Crippen LogP contribution in [-0.2, 0) is 16.1 Å². The van der Waals surface area contributed by atoms with E-state index in [2.05, 4.69) is 20.9 Å². The van der Waals surface area contributed by atoms with Gasteiger partial charge in [0.15, 0.2) is 16.7 Å². The molecular formula is C28H24BrClN2O5S. The molecule has 38 heavy (non-hydrogen) atoms. The van der Waals surface area contributed by atoms with Crippen molar-refractivity contribution < 1.29 is 23.8 Å². The van der Waals surface area contributed by atoms with Crippen molar-refractivity contribution >= 4 is 68.1 Å². The van der Waals surface area contributed by atoms with Crippen molar-refractivity contribution in [3.63, 3.8) is 0 Å². The van der Waals surface area contributed by atoms with E-state index < -0.39 is 5.97 Å². The third kappa shape index (κ3) is 6.40. The lowest BCUT2D eigenvalue weighted by molar-refractivity contribution is -0.121. The van der Waals surface area contributed by atoms with E-state index in [0.717, 1.165) is 11.1 Å². The summed E-state index contributed by atoms with van der Waals surface area (Å²) in [6.07, 6.45) is 1.77. The van der Waals surface area contributed by atoms with Crippen LogP contribution in [0.25, 0.3) is 6.08 Å². The van der Waals surface area contributed by atoms with E-state index in [4.69, 9.17) is 25.8 Å². The minimum atomic E-state index is -0.419. The SMILES string of the molecule is CCOC(=O)c1cccc(N=C2SC(=Cc3cc(Br)c(OCc4ccccc4Cl)c(OC)c3)C(=O)N2C)c1. The van der Waals surface area contributed by atoms with E-state index >= 15 is 0 Å². The summed E-state index contributed by atoms with van der Waals surface area (Å²) in [7, 11) is 3.21. The molecule has 1 amide bonds. The van der Waals surface area contributed by atoms with Gasteiger partial charge in [-0.15, -0.1) is 0 Å². The van der Waals surface area contributed by atoms with Crippen LogP contribution < -0.4 is 9.47 Å². The smallest absolute Gasteiger partial charge is 0.338 e. The Labute approximate surface area is 238 Å². The molecule has 1 saturated heterocycles. The first-order valence-corrected chi connectivity index (χ1v) is 13.6. The fraction of sp³-hybridized carbons (Fsp3) is 0.179. The summed E-state index contributed by atoms with van der Waals surface area (Å²) < 4.78 is 17.3. The van der Waals surface area contributed by atoms with Gasteiger partial charge in [0.1, 0.15) is 6.61 Å². The highest BCUT2D eigenvalue weighted by Gasteiger charge is 2.30.